The van der Waals surface area contributed by atoms with E-state index >= 15 is 0 Å². The Labute approximate surface area is 247 Å². The number of amides is 1. The first-order valence-corrected chi connectivity index (χ1v) is 14.2. The number of nitrogens with one attached hydrogen (secondary N) is 1. The van der Waals surface area contributed by atoms with Crippen molar-refractivity contribution in [3.8, 4) is 0 Å². The van der Waals surface area contributed by atoms with Crippen LogP contribution in [0.1, 0.15) is 0 Å². The third-order valence-electron chi connectivity index (χ3n) is 4.98. The maximum atomic E-state index is 11.5. The molecule has 0 aliphatic carbocycles. The third kappa shape index (κ3) is 27.2. The molecule has 0 aromatic carbocycles. The van der Waals surface area contributed by atoms with Crippen molar-refractivity contribution in [2.75, 3.05) is 152 Å². The molecule has 0 saturated carbocycles. The molecule has 1 saturated heterocycles. The van der Waals surface area contributed by atoms with Crippen molar-refractivity contribution in [2.24, 2.45) is 0 Å². The molecule has 1 atom stereocenters. The number of carbonyl (C=O) groups is 2. The summed E-state index contributed by atoms with van der Waals surface area (Å²) in [7, 11) is 0. The quantitative estimate of drug-likeness (QED) is 0.0664. The normalized spacial score (nSPS) is 14.7. The highest BCUT2D eigenvalue weighted by Crippen LogP contribution is 2.00. The Kier molecular flexibility index (Phi) is 28.1. The standard InChI is InChI=1S/C26H49NO15/c28-1-2-31-3-4-32-5-6-33-7-8-34-9-10-35-11-12-36-13-14-37-15-16-38-17-18-39-19-20-40-23-25(29)41-22-24-21-27-26(30)42-24/h24,28H,1-23H2,(H,27,30)/t24-/m0/s1. The average molecular weight is 616 g/mol. The Balaban J connectivity index is 1.64. The molecule has 248 valence electrons. The maximum Gasteiger partial charge on any atom is 0.407 e. The van der Waals surface area contributed by atoms with Gasteiger partial charge in [-0.05, 0) is 0 Å². The second-order valence-corrected chi connectivity index (χ2v) is 8.38. The van der Waals surface area contributed by atoms with Crippen molar-refractivity contribution in [1.29, 1.82) is 0 Å². The number of esters is 1. The lowest BCUT2D eigenvalue weighted by molar-refractivity contribution is -0.151. The maximum absolute atomic E-state index is 11.5. The molecule has 0 radical (unpaired) electrons. The van der Waals surface area contributed by atoms with Gasteiger partial charge in [0.1, 0.15) is 13.2 Å². The minimum Gasteiger partial charge on any atom is -0.460 e. The number of hydrogen-bond acceptors (Lipinski definition) is 15. The van der Waals surface area contributed by atoms with Crippen LogP contribution in [-0.2, 0) is 61.6 Å². The number of hydrogen-bond donors (Lipinski definition) is 2. The lowest BCUT2D eigenvalue weighted by Gasteiger charge is -2.09. The van der Waals surface area contributed by atoms with Gasteiger partial charge in [-0.2, -0.15) is 0 Å². The monoisotopic (exact) mass is 615 g/mol. The Hall–Kier alpha value is -1.70. The van der Waals surface area contributed by atoms with Gasteiger partial charge in [-0.15, -0.1) is 0 Å². The second-order valence-electron chi connectivity index (χ2n) is 8.38. The van der Waals surface area contributed by atoms with Gasteiger partial charge < -0.3 is 67.3 Å². The minimum absolute atomic E-state index is 0.000388. The molecule has 16 nitrogen and oxygen atoms in total. The molecule has 0 unspecified atom stereocenters. The molecule has 2 N–H and O–H groups in total. The molecule has 1 aliphatic heterocycles. The average Bonchev–Trinajstić information content (AvgIpc) is 3.42. The number of aliphatic hydroxyl groups excluding tert-OH is 1. The van der Waals surface area contributed by atoms with E-state index in [-0.39, 0.29) is 26.4 Å². The Morgan fingerprint density at radius 3 is 1.24 bits per heavy atom. The van der Waals surface area contributed by atoms with Crippen LogP contribution in [0.2, 0.25) is 0 Å². The fourth-order valence-electron chi connectivity index (χ4n) is 2.95. The van der Waals surface area contributed by atoms with E-state index in [0.29, 0.717) is 125 Å². The molecule has 0 aromatic heterocycles. The van der Waals surface area contributed by atoms with Gasteiger partial charge in [-0.25, -0.2) is 9.59 Å². The van der Waals surface area contributed by atoms with Crippen LogP contribution in [0.25, 0.3) is 0 Å². The van der Waals surface area contributed by atoms with Gasteiger partial charge in [0.25, 0.3) is 0 Å². The van der Waals surface area contributed by atoms with Crippen LogP contribution in [0, 0.1) is 0 Å². The molecular formula is C26H49NO15. The van der Waals surface area contributed by atoms with Crippen molar-refractivity contribution >= 4 is 12.1 Å². The first-order valence-electron chi connectivity index (χ1n) is 14.2. The van der Waals surface area contributed by atoms with Crippen molar-refractivity contribution < 1.29 is 71.5 Å². The summed E-state index contributed by atoms with van der Waals surface area (Å²) in [6.07, 6.45) is -0.975. The highest BCUT2D eigenvalue weighted by atomic mass is 16.6. The molecular weight excluding hydrogens is 566 g/mol. The summed E-state index contributed by atoms with van der Waals surface area (Å²) in [4.78, 5) is 22.4. The smallest absolute Gasteiger partial charge is 0.407 e. The fourth-order valence-corrected chi connectivity index (χ4v) is 2.95. The molecule has 1 amide bonds. The molecule has 1 fully saturated rings. The van der Waals surface area contributed by atoms with Crippen LogP contribution < -0.4 is 5.32 Å². The molecule has 1 rings (SSSR count). The van der Waals surface area contributed by atoms with E-state index in [1.165, 1.54) is 0 Å². The summed E-state index contributed by atoms with van der Waals surface area (Å²) < 4.78 is 63.2. The zero-order valence-corrected chi connectivity index (χ0v) is 24.5. The number of alkyl carbamates (subject to hydrolysis) is 1. The number of carbonyl (C=O) groups excluding carboxylic acids is 2. The summed E-state index contributed by atoms with van der Waals surface area (Å²) in [5.41, 5.74) is 0. The topological polar surface area (TPSA) is 177 Å². The van der Waals surface area contributed by atoms with Gasteiger partial charge in [0.15, 0.2) is 6.10 Å². The van der Waals surface area contributed by atoms with Crippen LogP contribution in [0.15, 0.2) is 0 Å². The predicted molar refractivity (Wildman–Crippen MR) is 145 cm³/mol. The molecule has 0 bridgehead atoms. The van der Waals surface area contributed by atoms with E-state index in [1.807, 2.05) is 0 Å². The zero-order chi connectivity index (χ0) is 30.2. The molecule has 42 heavy (non-hydrogen) atoms. The predicted octanol–water partition coefficient (Wildman–Crippen LogP) is -1.20. The van der Waals surface area contributed by atoms with Crippen LogP contribution >= 0.6 is 0 Å². The highest BCUT2D eigenvalue weighted by molar-refractivity contribution is 5.71. The summed E-state index contributed by atoms with van der Waals surface area (Å²) in [6, 6.07) is 0. The van der Waals surface area contributed by atoms with Crippen molar-refractivity contribution in [3.63, 3.8) is 0 Å². The van der Waals surface area contributed by atoms with Crippen molar-refractivity contribution in [2.45, 2.75) is 6.10 Å². The Bertz CT molecular complexity index is 616. The van der Waals surface area contributed by atoms with Crippen molar-refractivity contribution in [1.82, 2.24) is 5.32 Å². The minimum atomic E-state index is -0.530. The van der Waals surface area contributed by atoms with E-state index in [9.17, 15) is 9.59 Å². The zero-order valence-electron chi connectivity index (χ0n) is 24.5. The van der Waals surface area contributed by atoms with Crippen LogP contribution in [-0.4, -0.2) is 175 Å². The summed E-state index contributed by atoms with van der Waals surface area (Å²) in [5.74, 6) is -0.530. The molecule has 0 aromatic rings. The summed E-state index contributed by atoms with van der Waals surface area (Å²) in [6.45, 7) is 8.53. The van der Waals surface area contributed by atoms with Gasteiger partial charge in [-0.1, -0.05) is 0 Å². The number of rotatable bonds is 33. The summed E-state index contributed by atoms with van der Waals surface area (Å²) in [5, 5.41) is 11.0. The van der Waals surface area contributed by atoms with E-state index < -0.39 is 18.2 Å². The highest BCUT2D eigenvalue weighted by Gasteiger charge is 2.23. The van der Waals surface area contributed by atoms with E-state index in [0.717, 1.165) is 0 Å². The third-order valence-corrected chi connectivity index (χ3v) is 4.98. The fraction of sp³-hybridized carbons (Fsp3) is 0.923. The molecule has 0 spiro atoms. The van der Waals surface area contributed by atoms with E-state index in [4.69, 9.17) is 61.9 Å². The molecule has 1 aliphatic rings. The van der Waals surface area contributed by atoms with Crippen LogP contribution in [0.3, 0.4) is 0 Å². The lowest BCUT2D eigenvalue weighted by Crippen LogP contribution is -2.24. The van der Waals surface area contributed by atoms with Gasteiger partial charge in [-0.3, -0.25) is 0 Å². The van der Waals surface area contributed by atoms with Crippen LogP contribution in [0.4, 0.5) is 4.79 Å². The Morgan fingerprint density at radius 1 is 0.595 bits per heavy atom. The first kappa shape index (κ1) is 38.3. The van der Waals surface area contributed by atoms with Gasteiger partial charge in [0.2, 0.25) is 0 Å². The Morgan fingerprint density at radius 2 is 0.929 bits per heavy atom. The van der Waals surface area contributed by atoms with E-state index in [1.54, 1.807) is 0 Å². The number of ether oxygens (including phenoxy) is 12. The van der Waals surface area contributed by atoms with Gasteiger partial charge in [0.05, 0.1) is 139 Å². The molecule has 16 heteroatoms. The van der Waals surface area contributed by atoms with Gasteiger partial charge >= 0.3 is 12.1 Å². The number of cyclic esters (lactones) is 1. The van der Waals surface area contributed by atoms with Crippen molar-refractivity contribution in [3.05, 3.63) is 0 Å². The first-order chi connectivity index (χ1) is 20.7. The lowest BCUT2D eigenvalue weighted by atomic mass is 10.4. The van der Waals surface area contributed by atoms with Crippen LogP contribution in [0.5, 0.6) is 0 Å². The summed E-state index contributed by atoms with van der Waals surface area (Å²) >= 11 is 0. The largest absolute Gasteiger partial charge is 0.460 e. The second kappa shape index (κ2) is 30.7. The van der Waals surface area contributed by atoms with E-state index in [2.05, 4.69) is 5.32 Å². The van der Waals surface area contributed by atoms with Gasteiger partial charge in [0, 0.05) is 0 Å². The number of aliphatic hydroxyl groups is 1. The SMILES string of the molecule is O=C(COCCOCCOCCOCCOCCOCCOCCOCCOCCOCCO)OC[C@@H]1CNC(=O)O1. The molecule has 1 heterocycles.